The highest BCUT2D eigenvalue weighted by Gasteiger charge is 2.12. The van der Waals surface area contributed by atoms with Gasteiger partial charge < -0.3 is 4.57 Å². The summed E-state index contributed by atoms with van der Waals surface area (Å²) < 4.78 is 2.85. The molecule has 0 saturated carbocycles. The number of imidazole rings is 1. The minimum atomic E-state index is 0.621. The number of benzene rings is 1. The lowest BCUT2D eigenvalue weighted by Crippen LogP contribution is -1.93. The van der Waals surface area contributed by atoms with Gasteiger partial charge in [0.2, 0.25) is 0 Å². The van der Waals surface area contributed by atoms with Crippen LogP contribution in [0, 0.1) is 11.3 Å². The minimum absolute atomic E-state index is 0.621. The molecule has 2 aromatic heterocycles. The summed E-state index contributed by atoms with van der Waals surface area (Å²) in [7, 11) is 1.96. The van der Waals surface area contributed by atoms with Crippen molar-refractivity contribution in [2.24, 2.45) is 7.05 Å². The van der Waals surface area contributed by atoms with Crippen molar-refractivity contribution in [1.29, 1.82) is 5.26 Å². The standard InChI is InChI=1S/C14H9BrN4/c1-19-13-8-17-5-4-12(13)18-14(19)10-3-2-9(7-16)6-11(10)15/h2-6,8H,1H3. The van der Waals surface area contributed by atoms with Gasteiger partial charge in [-0.1, -0.05) is 0 Å². The first kappa shape index (κ1) is 11.9. The number of rotatable bonds is 1. The molecule has 0 aliphatic carbocycles. The Labute approximate surface area is 118 Å². The molecule has 0 spiro atoms. The fraction of sp³-hybridized carbons (Fsp3) is 0.0714. The van der Waals surface area contributed by atoms with E-state index >= 15 is 0 Å². The highest BCUT2D eigenvalue weighted by Crippen LogP contribution is 2.30. The molecule has 0 aliphatic rings. The summed E-state index contributed by atoms with van der Waals surface area (Å²) in [4.78, 5) is 8.72. The van der Waals surface area contributed by atoms with Gasteiger partial charge in [0.25, 0.3) is 0 Å². The molecule has 19 heavy (non-hydrogen) atoms. The molecule has 0 atom stereocenters. The highest BCUT2D eigenvalue weighted by atomic mass is 79.9. The van der Waals surface area contributed by atoms with E-state index in [9.17, 15) is 0 Å². The van der Waals surface area contributed by atoms with E-state index in [0.29, 0.717) is 5.56 Å². The third kappa shape index (κ3) is 1.90. The number of aromatic nitrogens is 3. The van der Waals surface area contributed by atoms with Crippen molar-refractivity contribution in [3.8, 4) is 17.5 Å². The number of halogens is 1. The Morgan fingerprint density at radius 3 is 2.84 bits per heavy atom. The van der Waals surface area contributed by atoms with Crippen LogP contribution in [0.2, 0.25) is 0 Å². The van der Waals surface area contributed by atoms with E-state index in [1.807, 2.05) is 23.7 Å². The highest BCUT2D eigenvalue weighted by molar-refractivity contribution is 9.10. The zero-order chi connectivity index (χ0) is 13.4. The first-order valence-electron chi connectivity index (χ1n) is 5.67. The molecule has 0 amide bonds. The summed E-state index contributed by atoms with van der Waals surface area (Å²) in [5, 5.41) is 8.89. The van der Waals surface area contributed by atoms with Crippen LogP contribution in [0.15, 0.2) is 41.1 Å². The molecule has 92 valence electrons. The van der Waals surface area contributed by atoms with Crippen LogP contribution in [-0.2, 0) is 7.05 Å². The zero-order valence-electron chi connectivity index (χ0n) is 10.1. The van der Waals surface area contributed by atoms with Crippen molar-refractivity contribution in [1.82, 2.24) is 14.5 Å². The largest absolute Gasteiger partial charge is 0.326 e. The van der Waals surface area contributed by atoms with Gasteiger partial charge in [-0.15, -0.1) is 0 Å². The molecule has 2 heterocycles. The zero-order valence-corrected chi connectivity index (χ0v) is 11.7. The SMILES string of the molecule is Cn1c(-c2ccc(C#N)cc2Br)nc2ccncc21. The maximum Gasteiger partial charge on any atom is 0.142 e. The number of hydrogen-bond acceptors (Lipinski definition) is 3. The monoisotopic (exact) mass is 312 g/mol. The first-order valence-corrected chi connectivity index (χ1v) is 6.46. The Bertz CT molecular complexity index is 814. The van der Waals surface area contributed by atoms with Crippen molar-refractivity contribution in [3.63, 3.8) is 0 Å². The fourth-order valence-corrected chi connectivity index (χ4v) is 2.60. The van der Waals surface area contributed by atoms with Crippen LogP contribution in [-0.4, -0.2) is 14.5 Å². The van der Waals surface area contributed by atoms with E-state index in [2.05, 4.69) is 32.0 Å². The molecule has 0 N–H and O–H groups in total. The van der Waals surface area contributed by atoms with Crippen molar-refractivity contribution >= 4 is 27.0 Å². The Morgan fingerprint density at radius 1 is 1.32 bits per heavy atom. The molecule has 4 nitrogen and oxygen atoms in total. The molecule has 3 aromatic rings. The van der Waals surface area contributed by atoms with Crippen molar-refractivity contribution in [3.05, 3.63) is 46.7 Å². The second-order valence-electron chi connectivity index (χ2n) is 4.17. The minimum Gasteiger partial charge on any atom is -0.326 e. The number of nitrogens with zero attached hydrogens (tertiary/aromatic N) is 4. The lowest BCUT2D eigenvalue weighted by Gasteiger charge is -2.05. The predicted octanol–water partition coefficient (Wildman–Crippen LogP) is 3.27. The average molecular weight is 313 g/mol. The van der Waals surface area contributed by atoms with Crippen molar-refractivity contribution in [2.75, 3.05) is 0 Å². The van der Waals surface area contributed by atoms with Crippen LogP contribution in [0.3, 0.4) is 0 Å². The summed E-state index contributed by atoms with van der Waals surface area (Å²) in [5.74, 6) is 0.847. The van der Waals surface area contributed by atoms with Crippen LogP contribution in [0.4, 0.5) is 0 Å². The maximum absolute atomic E-state index is 8.89. The average Bonchev–Trinajstić information content (AvgIpc) is 2.76. The summed E-state index contributed by atoms with van der Waals surface area (Å²) in [6.45, 7) is 0. The lowest BCUT2D eigenvalue weighted by molar-refractivity contribution is 0.955. The molecule has 3 rings (SSSR count). The normalized spacial score (nSPS) is 10.6. The molecule has 1 aromatic carbocycles. The topological polar surface area (TPSA) is 54.5 Å². The van der Waals surface area contributed by atoms with Crippen LogP contribution >= 0.6 is 15.9 Å². The van der Waals surface area contributed by atoms with Gasteiger partial charge in [-0.25, -0.2) is 4.98 Å². The Balaban J connectivity index is 2.25. The molecule has 0 fully saturated rings. The second-order valence-corrected chi connectivity index (χ2v) is 5.02. The van der Waals surface area contributed by atoms with E-state index < -0.39 is 0 Å². The van der Waals surface area contributed by atoms with E-state index in [0.717, 1.165) is 26.9 Å². The quantitative estimate of drug-likeness (QED) is 0.693. The summed E-state index contributed by atoms with van der Waals surface area (Å²) in [6.07, 6.45) is 3.52. The smallest absolute Gasteiger partial charge is 0.142 e. The summed E-state index contributed by atoms with van der Waals surface area (Å²) in [5.41, 5.74) is 3.46. The van der Waals surface area contributed by atoms with Crippen LogP contribution in [0.1, 0.15) is 5.56 Å². The number of pyridine rings is 1. The number of aryl methyl sites for hydroxylation is 1. The molecule has 0 bridgehead atoms. The van der Waals surface area contributed by atoms with Gasteiger partial charge in [0, 0.05) is 23.3 Å². The van der Waals surface area contributed by atoms with Gasteiger partial charge in [0.05, 0.1) is 28.9 Å². The van der Waals surface area contributed by atoms with Crippen LogP contribution in [0.25, 0.3) is 22.4 Å². The van der Waals surface area contributed by atoms with Crippen LogP contribution < -0.4 is 0 Å². The third-order valence-corrected chi connectivity index (χ3v) is 3.68. The molecule has 0 saturated heterocycles. The molecule has 0 radical (unpaired) electrons. The van der Waals surface area contributed by atoms with E-state index in [1.165, 1.54) is 0 Å². The van der Waals surface area contributed by atoms with E-state index in [4.69, 9.17) is 5.26 Å². The first-order chi connectivity index (χ1) is 9.20. The number of hydrogen-bond donors (Lipinski definition) is 0. The van der Waals surface area contributed by atoms with Gasteiger partial charge in [0.15, 0.2) is 0 Å². The van der Waals surface area contributed by atoms with E-state index in [1.54, 1.807) is 24.5 Å². The second kappa shape index (κ2) is 4.48. The van der Waals surface area contributed by atoms with Gasteiger partial charge in [0.1, 0.15) is 5.82 Å². The van der Waals surface area contributed by atoms with Crippen LogP contribution in [0.5, 0.6) is 0 Å². The molecule has 0 aliphatic heterocycles. The molecule has 0 unspecified atom stereocenters. The van der Waals surface area contributed by atoms with Gasteiger partial charge >= 0.3 is 0 Å². The molecular formula is C14H9BrN4. The van der Waals surface area contributed by atoms with Gasteiger partial charge in [-0.05, 0) is 40.2 Å². The van der Waals surface area contributed by atoms with Crippen molar-refractivity contribution < 1.29 is 0 Å². The maximum atomic E-state index is 8.89. The fourth-order valence-electron chi connectivity index (χ4n) is 2.04. The predicted molar refractivity (Wildman–Crippen MR) is 76.4 cm³/mol. The lowest BCUT2D eigenvalue weighted by atomic mass is 10.1. The summed E-state index contributed by atoms with van der Waals surface area (Å²) in [6, 6.07) is 9.49. The third-order valence-electron chi connectivity index (χ3n) is 3.02. The molecule has 5 heteroatoms. The Kier molecular flexibility index (Phi) is 2.80. The Morgan fingerprint density at radius 2 is 2.16 bits per heavy atom. The van der Waals surface area contributed by atoms with Gasteiger partial charge in [-0.2, -0.15) is 5.26 Å². The number of nitriles is 1. The molecular weight excluding hydrogens is 304 g/mol. The number of fused-ring (bicyclic) bond motifs is 1. The van der Waals surface area contributed by atoms with Gasteiger partial charge in [-0.3, -0.25) is 4.98 Å². The van der Waals surface area contributed by atoms with Crippen molar-refractivity contribution in [2.45, 2.75) is 0 Å². The Hall–Kier alpha value is -2.19. The summed E-state index contributed by atoms with van der Waals surface area (Å²) >= 11 is 3.50. The van der Waals surface area contributed by atoms with E-state index in [-0.39, 0.29) is 0 Å².